The highest BCUT2D eigenvalue weighted by Crippen LogP contribution is 2.26. The fourth-order valence-corrected chi connectivity index (χ4v) is 4.64. The second kappa shape index (κ2) is 6.24. The Labute approximate surface area is 121 Å². The molecule has 0 radical (unpaired) electrons. The van der Waals surface area contributed by atoms with E-state index >= 15 is 0 Å². The molecule has 1 atom stereocenters. The number of hydrogen-bond acceptors (Lipinski definition) is 3. The second-order valence-corrected chi connectivity index (χ2v) is 7.64. The molecule has 0 aromatic heterocycles. The van der Waals surface area contributed by atoms with Crippen molar-refractivity contribution < 1.29 is 13.5 Å². The van der Waals surface area contributed by atoms with Crippen LogP contribution in [0, 0.1) is 19.8 Å². The van der Waals surface area contributed by atoms with Crippen molar-refractivity contribution in [3.8, 4) is 0 Å². The molecule has 1 N–H and O–H groups in total. The molecule has 1 saturated heterocycles. The number of aliphatic hydroxyl groups excluding tert-OH is 1. The Hall–Kier alpha value is -0.910. The van der Waals surface area contributed by atoms with E-state index in [4.69, 9.17) is 5.11 Å². The Kier molecular flexibility index (Phi) is 4.83. The van der Waals surface area contributed by atoms with E-state index in [-0.39, 0.29) is 12.5 Å². The third-order valence-corrected chi connectivity index (χ3v) is 5.69. The maximum atomic E-state index is 12.7. The summed E-state index contributed by atoms with van der Waals surface area (Å²) < 4.78 is 27.0. The minimum Gasteiger partial charge on any atom is -0.396 e. The fraction of sp³-hybridized carbons (Fsp3) is 0.600. The third kappa shape index (κ3) is 3.40. The van der Waals surface area contributed by atoms with Crippen LogP contribution in [0.15, 0.2) is 23.1 Å². The first-order valence-electron chi connectivity index (χ1n) is 7.13. The van der Waals surface area contributed by atoms with Crippen molar-refractivity contribution in [2.24, 2.45) is 5.92 Å². The number of aliphatic hydroxyl groups is 1. The van der Waals surface area contributed by atoms with Crippen LogP contribution >= 0.6 is 0 Å². The van der Waals surface area contributed by atoms with Crippen molar-refractivity contribution in [1.82, 2.24) is 4.31 Å². The second-order valence-electron chi connectivity index (χ2n) is 5.71. The molecule has 112 valence electrons. The fourth-order valence-electron chi connectivity index (χ4n) is 2.89. The molecular formula is C15H23NO3S. The first kappa shape index (κ1) is 15.5. The molecule has 5 heteroatoms. The molecule has 1 aromatic rings. The molecule has 0 bridgehead atoms. The summed E-state index contributed by atoms with van der Waals surface area (Å²) >= 11 is 0. The summed E-state index contributed by atoms with van der Waals surface area (Å²) in [5, 5.41) is 9.03. The van der Waals surface area contributed by atoms with Crippen LogP contribution in [0.3, 0.4) is 0 Å². The highest BCUT2D eigenvalue weighted by molar-refractivity contribution is 7.89. The van der Waals surface area contributed by atoms with E-state index in [1.165, 1.54) is 0 Å². The quantitative estimate of drug-likeness (QED) is 0.926. The van der Waals surface area contributed by atoms with Gasteiger partial charge in [0, 0.05) is 19.7 Å². The molecule has 1 fully saturated rings. The van der Waals surface area contributed by atoms with E-state index in [0.717, 1.165) is 24.0 Å². The Balaban J connectivity index is 2.25. The average Bonchev–Trinajstić information content (AvgIpc) is 2.38. The normalized spacial score (nSPS) is 21.1. The number of nitrogens with zero attached hydrogens (tertiary/aromatic N) is 1. The minimum atomic E-state index is -3.41. The van der Waals surface area contributed by atoms with Crippen LogP contribution in [-0.4, -0.2) is 37.5 Å². The zero-order valence-corrected chi connectivity index (χ0v) is 13.0. The number of rotatable bonds is 4. The summed E-state index contributed by atoms with van der Waals surface area (Å²) in [5.74, 6) is 0.273. The van der Waals surface area contributed by atoms with E-state index in [0.29, 0.717) is 24.4 Å². The van der Waals surface area contributed by atoms with E-state index in [9.17, 15) is 8.42 Å². The molecule has 0 amide bonds. The van der Waals surface area contributed by atoms with Gasteiger partial charge in [-0.15, -0.1) is 0 Å². The van der Waals surface area contributed by atoms with Gasteiger partial charge in [-0.2, -0.15) is 4.31 Å². The van der Waals surface area contributed by atoms with Crippen molar-refractivity contribution in [3.05, 3.63) is 29.3 Å². The summed E-state index contributed by atoms with van der Waals surface area (Å²) in [7, 11) is -3.41. The Morgan fingerprint density at radius 3 is 2.50 bits per heavy atom. The molecule has 2 rings (SSSR count). The molecule has 1 aliphatic heterocycles. The van der Waals surface area contributed by atoms with Gasteiger partial charge in [-0.3, -0.25) is 0 Å². The van der Waals surface area contributed by atoms with Gasteiger partial charge in [0.2, 0.25) is 10.0 Å². The summed E-state index contributed by atoms with van der Waals surface area (Å²) in [6.07, 6.45) is 2.55. The van der Waals surface area contributed by atoms with Gasteiger partial charge in [0.05, 0.1) is 4.90 Å². The van der Waals surface area contributed by atoms with Crippen LogP contribution in [-0.2, 0) is 10.0 Å². The van der Waals surface area contributed by atoms with Gasteiger partial charge in [0.1, 0.15) is 0 Å². The third-order valence-electron chi connectivity index (χ3n) is 3.85. The first-order chi connectivity index (χ1) is 9.43. The molecule has 1 heterocycles. The van der Waals surface area contributed by atoms with E-state index in [1.807, 2.05) is 19.9 Å². The lowest BCUT2D eigenvalue weighted by Gasteiger charge is -2.31. The number of benzene rings is 1. The predicted molar refractivity (Wildman–Crippen MR) is 79.1 cm³/mol. The van der Waals surface area contributed by atoms with Gasteiger partial charge in [-0.05, 0) is 62.3 Å². The van der Waals surface area contributed by atoms with Crippen LogP contribution in [0.5, 0.6) is 0 Å². The summed E-state index contributed by atoms with van der Waals surface area (Å²) in [5.41, 5.74) is 1.93. The zero-order valence-electron chi connectivity index (χ0n) is 12.2. The van der Waals surface area contributed by atoms with Gasteiger partial charge >= 0.3 is 0 Å². The molecule has 1 aliphatic rings. The largest absolute Gasteiger partial charge is 0.396 e. The molecule has 20 heavy (non-hydrogen) atoms. The van der Waals surface area contributed by atoms with Gasteiger partial charge in [-0.1, -0.05) is 6.07 Å². The topological polar surface area (TPSA) is 57.6 Å². The number of sulfonamides is 1. The van der Waals surface area contributed by atoms with E-state index in [1.54, 1.807) is 16.4 Å². The van der Waals surface area contributed by atoms with E-state index in [2.05, 4.69) is 0 Å². The zero-order chi connectivity index (χ0) is 14.8. The van der Waals surface area contributed by atoms with Crippen molar-refractivity contribution >= 4 is 10.0 Å². The van der Waals surface area contributed by atoms with Crippen LogP contribution in [0.1, 0.15) is 30.4 Å². The highest BCUT2D eigenvalue weighted by Gasteiger charge is 2.30. The molecule has 0 spiro atoms. The van der Waals surface area contributed by atoms with Crippen molar-refractivity contribution in [3.63, 3.8) is 0 Å². The van der Waals surface area contributed by atoms with Crippen LogP contribution in [0.25, 0.3) is 0 Å². The number of aryl methyl sites for hydroxylation is 2. The molecular weight excluding hydrogens is 274 g/mol. The Bertz CT molecular complexity index is 546. The van der Waals surface area contributed by atoms with Crippen LogP contribution in [0.4, 0.5) is 0 Å². The maximum Gasteiger partial charge on any atom is 0.243 e. The molecule has 1 unspecified atom stereocenters. The van der Waals surface area contributed by atoms with Gasteiger partial charge < -0.3 is 5.11 Å². The average molecular weight is 297 g/mol. The van der Waals surface area contributed by atoms with Crippen LogP contribution < -0.4 is 0 Å². The number of hydrogen-bond donors (Lipinski definition) is 1. The SMILES string of the molecule is Cc1cc(C)cc(S(=O)(=O)N2CCCC(CCO)C2)c1. The van der Waals surface area contributed by atoms with Crippen LogP contribution in [0.2, 0.25) is 0 Å². The van der Waals surface area contributed by atoms with Gasteiger partial charge in [0.25, 0.3) is 0 Å². The van der Waals surface area contributed by atoms with Crippen molar-refractivity contribution in [1.29, 1.82) is 0 Å². The number of piperidine rings is 1. The smallest absolute Gasteiger partial charge is 0.243 e. The Morgan fingerprint density at radius 1 is 1.25 bits per heavy atom. The van der Waals surface area contributed by atoms with Gasteiger partial charge in [0.15, 0.2) is 0 Å². The molecule has 1 aromatic carbocycles. The lowest BCUT2D eigenvalue weighted by Crippen LogP contribution is -2.40. The predicted octanol–water partition coefficient (Wildman–Crippen LogP) is 2.09. The summed E-state index contributed by atoms with van der Waals surface area (Å²) in [4.78, 5) is 0.389. The molecule has 0 aliphatic carbocycles. The first-order valence-corrected chi connectivity index (χ1v) is 8.57. The molecule has 0 saturated carbocycles. The highest BCUT2D eigenvalue weighted by atomic mass is 32.2. The lowest BCUT2D eigenvalue weighted by atomic mass is 9.97. The summed E-state index contributed by atoms with van der Waals surface area (Å²) in [6, 6.07) is 5.44. The van der Waals surface area contributed by atoms with E-state index < -0.39 is 10.0 Å². The summed E-state index contributed by atoms with van der Waals surface area (Å²) in [6.45, 7) is 5.06. The van der Waals surface area contributed by atoms with Crippen molar-refractivity contribution in [2.45, 2.75) is 38.0 Å². The standard InChI is InChI=1S/C15H23NO3S/c1-12-8-13(2)10-15(9-12)20(18,19)16-6-3-4-14(11-16)5-7-17/h8-10,14,17H,3-7,11H2,1-2H3. The molecule has 4 nitrogen and oxygen atoms in total. The Morgan fingerprint density at radius 2 is 1.90 bits per heavy atom. The monoisotopic (exact) mass is 297 g/mol. The maximum absolute atomic E-state index is 12.7. The van der Waals surface area contributed by atoms with Gasteiger partial charge in [-0.25, -0.2) is 8.42 Å². The lowest BCUT2D eigenvalue weighted by molar-refractivity contribution is 0.203. The van der Waals surface area contributed by atoms with Crippen molar-refractivity contribution in [2.75, 3.05) is 19.7 Å². The minimum absolute atomic E-state index is 0.127.